The fourth-order valence-electron chi connectivity index (χ4n) is 1.15. The topological polar surface area (TPSA) is 93.3 Å². The van der Waals surface area contributed by atoms with E-state index in [1.54, 1.807) is 0 Å². The number of aliphatic carboxylic acids is 1. The fraction of sp³-hybridized carbons (Fsp3) is 0.250. The van der Waals surface area contributed by atoms with Crippen molar-refractivity contribution in [2.45, 2.75) is 12.8 Å². The van der Waals surface area contributed by atoms with Crippen LogP contribution in [0.2, 0.25) is 0 Å². The van der Waals surface area contributed by atoms with Crippen LogP contribution in [-0.2, 0) is 11.2 Å². The molecule has 0 unspecified atom stereocenters. The van der Waals surface area contributed by atoms with E-state index in [0.29, 0.717) is 6.07 Å². The highest BCUT2D eigenvalue weighted by molar-refractivity contribution is 5.69. The van der Waals surface area contributed by atoms with Crippen molar-refractivity contribution in [3.05, 3.63) is 33.3 Å². The van der Waals surface area contributed by atoms with Gasteiger partial charge in [-0.05, 0) is 9.91 Å². The van der Waals surface area contributed by atoms with Crippen LogP contribution in [0.25, 0.3) is 0 Å². The minimum absolute atomic E-state index is 0.447. The summed E-state index contributed by atoms with van der Waals surface area (Å²) < 4.78 is 37.8. The number of hydrogen-bond acceptors (Lipinski definition) is 4. The molecule has 0 atom stereocenters. The summed E-state index contributed by atoms with van der Waals surface area (Å²) in [5.74, 6) is -4.31. The molecule has 1 aromatic heterocycles. The van der Waals surface area contributed by atoms with Crippen LogP contribution in [0.15, 0.2) is 6.07 Å². The number of alkyl halides is 2. The van der Waals surface area contributed by atoms with Crippen molar-refractivity contribution in [2.75, 3.05) is 0 Å². The number of halogens is 3. The standard InChI is InChI=1S/C8H5F3N2O4/c9-4-1-3(2-5(14)15)12-8(13(16)17)6(4)7(10)11/h1,7H,2H2,(H,14,15). The second-order valence-electron chi connectivity index (χ2n) is 2.96. The average Bonchev–Trinajstić information content (AvgIpc) is 2.14. The molecule has 0 spiro atoms. The number of carboxylic acid groups (broad SMARTS) is 1. The highest BCUT2D eigenvalue weighted by atomic mass is 19.3. The second kappa shape index (κ2) is 4.76. The summed E-state index contributed by atoms with van der Waals surface area (Å²) in [6.07, 6.45) is -4.19. The zero-order valence-electron chi connectivity index (χ0n) is 8.06. The minimum Gasteiger partial charge on any atom is -0.481 e. The van der Waals surface area contributed by atoms with Crippen molar-refractivity contribution in [3.63, 3.8) is 0 Å². The molecule has 6 nitrogen and oxygen atoms in total. The quantitative estimate of drug-likeness (QED) is 0.648. The summed E-state index contributed by atoms with van der Waals surface area (Å²) in [5.41, 5.74) is -1.93. The molecule has 0 aliphatic carbocycles. The smallest absolute Gasteiger partial charge is 0.375 e. The third-order valence-corrected chi connectivity index (χ3v) is 1.76. The first-order valence-corrected chi connectivity index (χ1v) is 4.16. The molecule has 0 bridgehead atoms. The maximum absolute atomic E-state index is 13.2. The Hall–Kier alpha value is -2.19. The van der Waals surface area contributed by atoms with Crippen molar-refractivity contribution in [1.82, 2.24) is 4.98 Å². The molecule has 0 fully saturated rings. The predicted octanol–water partition coefficient (Wildman–Crippen LogP) is 1.69. The molecular weight excluding hydrogens is 245 g/mol. The van der Waals surface area contributed by atoms with Crippen LogP contribution in [0.5, 0.6) is 0 Å². The SMILES string of the molecule is O=C(O)Cc1cc(F)c(C(F)F)c([N+](=O)[O-])n1. The van der Waals surface area contributed by atoms with E-state index in [4.69, 9.17) is 5.11 Å². The lowest BCUT2D eigenvalue weighted by Gasteiger charge is -2.03. The predicted molar refractivity (Wildman–Crippen MR) is 47.1 cm³/mol. The van der Waals surface area contributed by atoms with Gasteiger partial charge in [0.15, 0.2) is 11.3 Å². The molecule has 1 heterocycles. The number of hydrogen-bond donors (Lipinski definition) is 1. The van der Waals surface area contributed by atoms with Crippen LogP contribution in [0.3, 0.4) is 0 Å². The van der Waals surface area contributed by atoms with Crippen LogP contribution in [0.1, 0.15) is 17.7 Å². The lowest BCUT2D eigenvalue weighted by molar-refractivity contribution is -0.391. The third kappa shape index (κ3) is 2.89. The summed E-state index contributed by atoms with van der Waals surface area (Å²) in [4.78, 5) is 22.5. The first-order valence-electron chi connectivity index (χ1n) is 4.16. The number of pyridine rings is 1. The van der Waals surface area contributed by atoms with Gasteiger partial charge in [-0.2, -0.15) is 0 Å². The summed E-state index contributed by atoms with van der Waals surface area (Å²) >= 11 is 0. The second-order valence-corrected chi connectivity index (χ2v) is 2.96. The zero-order chi connectivity index (χ0) is 13.2. The van der Waals surface area contributed by atoms with E-state index in [9.17, 15) is 28.1 Å². The number of nitrogens with zero attached hydrogens (tertiary/aromatic N) is 2. The molecule has 1 N–H and O–H groups in total. The first kappa shape index (κ1) is 12.9. The van der Waals surface area contributed by atoms with Gasteiger partial charge in [-0.25, -0.2) is 13.2 Å². The highest BCUT2D eigenvalue weighted by Crippen LogP contribution is 2.30. The molecule has 0 aliphatic heterocycles. The Balaban J connectivity index is 3.35. The van der Waals surface area contributed by atoms with E-state index in [2.05, 4.69) is 4.98 Å². The highest BCUT2D eigenvalue weighted by Gasteiger charge is 2.29. The van der Waals surface area contributed by atoms with Crippen LogP contribution in [0.4, 0.5) is 19.0 Å². The number of nitro groups is 1. The van der Waals surface area contributed by atoms with Gasteiger partial charge in [-0.1, -0.05) is 0 Å². The van der Waals surface area contributed by atoms with Gasteiger partial charge in [0.25, 0.3) is 6.43 Å². The maximum atomic E-state index is 13.2. The van der Waals surface area contributed by atoms with Crippen molar-refractivity contribution in [1.29, 1.82) is 0 Å². The van der Waals surface area contributed by atoms with Gasteiger partial charge in [0.1, 0.15) is 12.2 Å². The lowest BCUT2D eigenvalue weighted by Crippen LogP contribution is -2.08. The van der Waals surface area contributed by atoms with Crippen molar-refractivity contribution in [2.24, 2.45) is 0 Å². The fourth-order valence-corrected chi connectivity index (χ4v) is 1.15. The van der Waals surface area contributed by atoms with Crippen molar-refractivity contribution < 1.29 is 28.0 Å². The molecule has 0 saturated carbocycles. The Labute approximate surface area is 91.9 Å². The van der Waals surface area contributed by atoms with Crippen LogP contribution in [-0.4, -0.2) is 21.0 Å². The summed E-state index contributed by atoms with van der Waals surface area (Å²) in [5, 5.41) is 18.8. The van der Waals surface area contributed by atoms with E-state index in [1.165, 1.54) is 0 Å². The molecule has 0 saturated heterocycles. The van der Waals surface area contributed by atoms with Gasteiger partial charge in [-0.15, -0.1) is 0 Å². The zero-order valence-corrected chi connectivity index (χ0v) is 8.06. The van der Waals surface area contributed by atoms with Gasteiger partial charge in [-0.3, -0.25) is 4.79 Å². The summed E-state index contributed by atoms with van der Waals surface area (Å²) in [6, 6.07) is 0.447. The summed E-state index contributed by atoms with van der Waals surface area (Å²) in [6.45, 7) is 0. The molecule has 92 valence electrons. The van der Waals surface area contributed by atoms with Crippen LogP contribution >= 0.6 is 0 Å². The van der Waals surface area contributed by atoms with Gasteiger partial charge >= 0.3 is 11.8 Å². The van der Waals surface area contributed by atoms with Crippen LogP contribution in [0, 0.1) is 15.9 Å². The Bertz CT molecular complexity index is 478. The first-order chi connectivity index (χ1) is 7.82. The summed E-state index contributed by atoms with van der Waals surface area (Å²) in [7, 11) is 0. The van der Waals surface area contributed by atoms with Crippen molar-refractivity contribution in [3.8, 4) is 0 Å². The molecule has 17 heavy (non-hydrogen) atoms. The average molecular weight is 250 g/mol. The lowest BCUT2D eigenvalue weighted by atomic mass is 10.2. The monoisotopic (exact) mass is 250 g/mol. The normalized spacial score (nSPS) is 10.6. The molecule has 1 aromatic rings. The van der Waals surface area contributed by atoms with E-state index >= 15 is 0 Å². The minimum atomic E-state index is -3.40. The molecule has 9 heteroatoms. The third-order valence-electron chi connectivity index (χ3n) is 1.76. The van der Waals surface area contributed by atoms with Crippen molar-refractivity contribution >= 4 is 11.8 Å². The van der Waals surface area contributed by atoms with E-state index in [1.807, 2.05) is 0 Å². The maximum Gasteiger partial charge on any atom is 0.375 e. The molecule has 0 radical (unpaired) electrons. The van der Waals surface area contributed by atoms with Crippen LogP contribution < -0.4 is 0 Å². The Morgan fingerprint density at radius 2 is 2.18 bits per heavy atom. The van der Waals surface area contributed by atoms with Gasteiger partial charge < -0.3 is 15.2 Å². The Kier molecular flexibility index (Phi) is 3.61. The van der Waals surface area contributed by atoms with E-state index in [-0.39, 0.29) is 0 Å². The molecular formula is C8H5F3N2O4. The van der Waals surface area contributed by atoms with E-state index in [0.717, 1.165) is 0 Å². The molecule has 1 rings (SSSR count). The van der Waals surface area contributed by atoms with E-state index < -0.39 is 46.6 Å². The number of carboxylic acids is 1. The number of aromatic nitrogens is 1. The molecule has 0 aromatic carbocycles. The van der Waals surface area contributed by atoms with Gasteiger partial charge in [0.05, 0.1) is 0 Å². The van der Waals surface area contributed by atoms with Gasteiger partial charge in [0.2, 0.25) is 0 Å². The number of rotatable bonds is 4. The number of carbonyl (C=O) groups is 1. The molecule has 0 amide bonds. The largest absolute Gasteiger partial charge is 0.481 e. The Morgan fingerprint density at radius 3 is 2.59 bits per heavy atom. The Morgan fingerprint density at radius 1 is 1.59 bits per heavy atom. The van der Waals surface area contributed by atoms with Gasteiger partial charge in [0, 0.05) is 6.07 Å². The molecule has 0 aliphatic rings.